The summed E-state index contributed by atoms with van der Waals surface area (Å²) in [7, 11) is 0. The second kappa shape index (κ2) is 6.96. The Morgan fingerprint density at radius 3 is 2.46 bits per heavy atom. The summed E-state index contributed by atoms with van der Waals surface area (Å²) in [5.41, 5.74) is 7.02. The van der Waals surface area contributed by atoms with Gasteiger partial charge in [0.1, 0.15) is 18.2 Å². The van der Waals surface area contributed by atoms with Crippen molar-refractivity contribution < 1.29 is 9.84 Å². The van der Waals surface area contributed by atoms with Gasteiger partial charge in [-0.1, -0.05) is 49.6 Å². The van der Waals surface area contributed by atoms with Crippen LogP contribution in [-0.4, -0.2) is 22.3 Å². The van der Waals surface area contributed by atoms with Crippen LogP contribution in [0.3, 0.4) is 0 Å². The zero-order valence-electron chi connectivity index (χ0n) is 14.8. The van der Waals surface area contributed by atoms with Gasteiger partial charge in [-0.3, -0.25) is 0 Å². The van der Waals surface area contributed by atoms with Gasteiger partial charge in [0.25, 0.3) is 0 Å². The number of hydrogen-bond acceptors (Lipinski definition) is 4. The van der Waals surface area contributed by atoms with Crippen LogP contribution >= 0.6 is 0 Å². The smallest absolute Gasteiger partial charge is 0.127 e. The van der Waals surface area contributed by atoms with Crippen LogP contribution < -0.4 is 10.5 Å². The largest absolute Gasteiger partial charge is 0.490 e. The molecule has 0 atom stereocenters. The molecule has 26 heavy (non-hydrogen) atoms. The van der Waals surface area contributed by atoms with Crippen molar-refractivity contribution in [1.82, 2.24) is 4.98 Å². The van der Waals surface area contributed by atoms with Crippen LogP contribution in [0.1, 0.15) is 32.1 Å². The van der Waals surface area contributed by atoms with Crippen molar-refractivity contribution in [3.8, 4) is 17.0 Å². The molecule has 3 N–H and O–H groups in total. The van der Waals surface area contributed by atoms with Gasteiger partial charge in [-0.2, -0.15) is 0 Å². The third-order valence-electron chi connectivity index (χ3n) is 5.21. The molecule has 1 aromatic heterocycles. The zero-order chi connectivity index (χ0) is 18.0. The molecule has 1 aliphatic carbocycles. The van der Waals surface area contributed by atoms with E-state index in [9.17, 15) is 5.11 Å². The molecule has 0 bridgehead atoms. The molecule has 4 heteroatoms. The summed E-state index contributed by atoms with van der Waals surface area (Å²) in [5.74, 6) is 1.30. The lowest BCUT2D eigenvalue weighted by atomic mass is 9.85. The van der Waals surface area contributed by atoms with E-state index in [2.05, 4.69) is 11.1 Å². The summed E-state index contributed by atoms with van der Waals surface area (Å²) in [4.78, 5) is 4.45. The second-order valence-corrected chi connectivity index (χ2v) is 7.18. The van der Waals surface area contributed by atoms with E-state index in [1.165, 1.54) is 6.42 Å². The molecule has 1 saturated carbocycles. The Bertz CT molecular complexity index is 917. The minimum absolute atomic E-state index is 0.340. The van der Waals surface area contributed by atoms with Crippen molar-refractivity contribution in [3.05, 3.63) is 54.6 Å². The molecular formula is C22H24N2O2. The average Bonchev–Trinajstić information content (AvgIpc) is 2.67. The summed E-state index contributed by atoms with van der Waals surface area (Å²) >= 11 is 0. The molecule has 0 radical (unpaired) electrons. The number of nitrogen functional groups attached to an aromatic ring is 1. The van der Waals surface area contributed by atoms with Crippen LogP contribution in [0.25, 0.3) is 22.0 Å². The molecule has 4 nitrogen and oxygen atoms in total. The van der Waals surface area contributed by atoms with E-state index in [1.807, 2.05) is 42.5 Å². The molecule has 0 amide bonds. The summed E-state index contributed by atoms with van der Waals surface area (Å²) in [5, 5.41) is 12.8. The Morgan fingerprint density at radius 2 is 1.69 bits per heavy atom. The molecule has 0 unspecified atom stereocenters. The highest BCUT2D eigenvalue weighted by atomic mass is 16.5. The van der Waals surface area contributed by atoms with Gasteiger partial charge in [0.15, 0.2) is 0 Å². The fourth-order valence-electron chi connectivity index (χ4n) is 3.79. The van der Waals surface area contributed by atoms with Crippen molar-refractivity contribution in [2.24, 2.45) is 0 Å². The maximum absolute atomic E-state index is 10.7. The molecule has 4 rings (SSSR count). The number of nitrogens with two attached hydrogens (primary N) is 1. The summed E-state index contributed by atoms with van der Waals surface area (Å²) in [6.07, 6.45) is 4.97. The molecule has 3 aromatic rings. The quantitative estimate of drug-likeness (QED) is 0.725. The predicted molar refractivity (Wildman–Crippen MR) is 105 cm³/mol. The van der Waals surface area contributed by atoms with Gasteiger partial charge < -0.3 is 15.6 Å². The molecule has 0 saturated heterocycles. The summed E-state index contributed by atoms with van der Waals surface area (Å²) < 4.78 is 6.08. The molecule has 2 aromatic carbocycles. The highest BCUT2D eigenvalue weighted by Gasteiger charge is 2.30. The summed E-state index contributed by atoms with van der Waals surface area (Å²) in [6, 6.07) is 17.8. The predicted octanol–water partition coefficient (Wildman–Crippen LogP) is 4.56. The lowest BCUT2D eigenvalue weighted by molar-refractivity contribution is -0.0335. The molecule has 1 aliphatic rings. The third-order valence-corrected chi connectivity index (χ3v) is 5.21. The maximum Gasteiger partial charge on any atom is 0.127 e. The van der Waals surface area contributed by atoms with Crippen molar-refractivity contribution in [3.63, 3.8) is 0 Å². The Morgan fingerprint density at radius 1 is 0.923 bits per heavy atom. The molecular weight excluding hydrogens is 324 g/mol. The SMILES string of the molecule is Nc1cccc(-c2ccc(OCC3(O)CCCCC3)c3ccccc23)n1. The van der Waals surface area contributed by atoms with Gasteiger partial charge in [0.05, 0.1) is 11.3 Å². The average molecular weight is 348 g/mol. The number of anilines is 1. The minimum Gasteiger partial charge on any atom is -0.490 e. The van der Waals surface area contributed by atoms with Gasteiger partial charge >= 0.3 is 0 Å². The number of aromatic nitrogens is 1. The number of fused-ring (bicyclic) bond motifs is 1. The highest BCUT2D eigenvalue weighted by Crippen LogP contribution is 2.35. The number of benzene rings is 2. The molecule has 1 heterocycles. The van der Waals surface area contributed by atoms with Crippen LogP contribution in [0.15, 0.2) is 54.6 Å². The topological polar surface area (TPSA) is 68.4 Å². The molecule has 0 spiro atoms. The molecule has 0 aliphatic heterocycles. The van der Waals surface area contributed by atoms with Crippen LogP contribution in [0.2, 0.25) is 0 Å². The standard InChI is InChI=1S/C22H24N2O2/c23-21-10-6-9-19(24-21)17-11-12-20(18-8-3-2-7-16(17)18)26-15-22(25)13-4-1-5-14-22/h2-3,6-12,25H,1,4-5,13-15H2,(H2,23,24). The lowest BCUT2D eigenvalue weighted by Gasteiger charge is -2.31. The van der Waals surface area contributed by atoms with Crippen molar-refractivity contribution >= 4 is 16.6 Å². The second-order valence-electron chi connectivity index (χ2n) is 7.18. The first kappa shape index (κ1) is 16.9. The highest BCUT2D eigenvalue weighted by molar-refractivity contribution is 5.99. The fourth-order valence-corrected chi connectivity index (χ4v) is 3.79. The first-order valence-electron chi connectivity index (χ1n) is 9.25. The van der Waals surface area contributed by atoms with Gasteiger partial charge in [-0.15, -0.1) is 0 Å². The van der Waals surface area contributed by atoms with Gasteiger partial charge in [-0.05, 0) is 42.5 Å². The van der Waals surface area contributed by atoms with Crippen molar-refractivity contribution in [2.75, 3.05) is 12.3 Å². The van der Waals surface area contributed by atoms with Crippen LogP contribution in [0.5, 0.6) is 5.75 Å². The number of hydrogen-bond donors (Lipinski definition) is 2. The first-order chi connectivity index (χ1) is 12.6. The fraction of sp³-hybridized carbons (Fsp3) is 0.318. The Labute approximate surface area is 153 Å². The number of ether oxygens (including phenoxy) is 1. The normalized spacial score (nSPS) is 16.5. The Kier molecular flexibility index (Phi) is 4.51. The number of pyridine rings is 1. The monoisotopic (exact) mass is 348 g/mol. The zero-order valence-corrected chi connectivity index (χ0v) is 14.8. The van der Waals surface area contributed by atoms with E-state index in [0.717, 1.165) is 53.5 Å². The van der Waals surface area contributed by atoms with Crippen molar-refractivity contribution in [2.45, 2.75) is 37.7 Å². The van der Waals surface area contributed by atoms with Gasteiger partial charge in [0, 0.05) is 10.9 Å². The summed E-state index contributed by atoms with van der Waals surface area (Å²) in [6.45, 7) is 0.340. The first-order valence-corrected chi connectivity index (χ1v) is 9.25. The van der Waals surface area contributed by atoms with E-state index in [0.29, 0.717) is 12.4 Å². The third kappa shape index (κ3) is 3.37. The van der Waals surface area contributed by atoms with Crippen molar-refractivity contribution in [1.29, 1.82) is 0 Å². The van der Waals surface area contributed by atoms with Gasteiger partial charge in [0.2, 0.25) is 0 Å². The van der Waals surface area contributed by atoms with E-state index < -0.39 is 5.60 Å². The van der Waals surface area contributed by atoms with E-state index >= 15 is 0 Å². The molecule has 1 fully saturated rings. The maximum atomic E-state index is 10.7. The Hall–Kier alpha value is -2.59. The van der Waals surface area contributed by atoms with Crippen LogP contribution in [0, 0.1) is 0 Å². The van der Waals surface area contributed by atoms with E-state index in [4.69, 9.17) is 10.5 Å². The van der Waals surface area contributed by atoms with E-state index in [-0.39, 0.29) is 0 Å². The lowest BCUT2D eigenvalue weighted by Crippen LogP contribution is -2.37. The van der Waals surface area contributed by atoms with Crippen LogP contribution in [-0.2, 0) is 0 Å². The number of nitrogens with zero attached hydrogens (tertiary/aromatic N) is 1. The molecule has 134 valence electrons. The van der Waals surface area contributed by atoms with E-state index in [1.54, 1.807) is 6.07 Å². The number of aliphatic hydroxyl groups is 1. The number of rotatable bonds is 4. The van der Waals surface area contributed by atoms with Crippen LogP contribution in [0.4, 0.5) is 5.82 Å². The Balaban J connectivity index is 1.68. The van der Waals surface area contributed by atoms with Gasteiger partial charge in [-0.25, -0.2) is 4.98 Å². The minimum atomic E-state index is -0.701.